The van der Waals surface area contributed by atoms with Crippen molar-refractivity contribution in [1.29, 1.82) is 0 Å². The Labute approximate surface area is 185 Å². The van der Waals surface area contributed by atoms with E-state index in [1.165, 1.54) is 0 Å². The number of hydrogen-bond acceptors (Lipinski definition) is 5. The minimum absolute atomic E-state index is 0. The van der Waals surface area contributed by atoms with Gasteiger partial charge >= 0.3 is 0 Å². The highest BCUT2D eigenvalue weighted by Gasteiger charge is 2.25. The Bertz CT molecular complexity index is 781. The number of nitrogens with one attached hydrogen (secondary N) is 1. The number of aryl methyl sites for hydroxylation is 1. The maximum atomic E-state index is 13.3. The van der Waals surface area contributed by atoms with Crippen LogP contribution in [0.2, 0.25) is 0 Å². The van der Waals surface area contributed by atoms with Crippen molar-refractivity contribution in [3.8, 4) is 11.5 Å². The maximum absolute atomic E-state index is 13.3. The highest BCUT2D eigenvalue weighted by atomic mass is 35.5. The molecule has 6 nitrogen and oxygen atoms in total. The van der Waals surface area contributed by atoms with Crippen LogP contribution in [0.3, 0.4) is 0 Å². The standard InChI is InChI=1S/C23H31N3O3.ClH/c1-28-21-9-10-22(29-2)18(16-21)8-11-23(27)26(17-19-6-3-4-14-25-19)20-7-5-13-24-15-12-20;/h3-4,6,9-10,14,16,20,24H,5,7-8,11-13,15,17H2,1-2H3;1H. The SMILES string of the molecule is COc1ccc(OC)c(CCC(=O)N(Cc2ccccn2)C2CCCNCC2)c1.Cl. The number of hydrogen-bond donors (Lipinski definition) is 1. The Kier molecular flexibility index (Phi) is 9.91. The molecular formula is C23H32ClN3O3. The molecular weight excluding hydrogens is 402 g/mol. The van der Waals surface area contributed by atoms with Gasteiger partial charge in [-0.2, -0.15) is 0 Å². The second-order valence-electron chi connectivity index (χ2n) is 7.36. The molecule has 1 saturated heterocycles. The number of ether oxygens (including phenoxy) is 2. The summed E-state index contributed by atoms with van der Waals surface area (Å²) in [5, 5.41) is 3.44. The fraction of sp³-hybridized carbons (Fsp3) is 0.478. The van der Waals surface area contributed by atoms with Crippen LogP contribution in [0.15, 0.2) is 42.6 Å². The van der Waals surface area contributed by atoms with Crippen LogP contribution in [-0.2, 0) is 17.8 Å². The highest BCUT2D eigenvalue weighted by Crippen LogP contribution is 2.26. The quantitative estimate of drug-likeness (QED) is 0.688. The summed E-state index contributed by atoms with van der Waals surface area (Å²) >= 11 is 0. The highest BCUT2D eigenvalue weighted by molar-refractivity contribution is 5.85. The summed E-state index contributed by atoms with van der Waals surface area (Å²) in [7, 11) is 3.30. The van der Waals surface area contributed by atoms with Crippen LogP contribution < -0.4 is 14.8 Å². The van der Waals surface area contributed by atoms with Gasteiger partial charge < -0.3 is 19.7 Å². The van der Waals surface area contributed by atoms with E-state index in [1.807, 2.05) is 41.3 Å². The molecule has 1 amide bonds. The Balaban J connectivity index is 0.00000320. The Morgan fingerprint density at radius 2 is 2.03 bits per heavy atom. The minimum Gasteiger partial charge on any atom is -0.497 e. The molecule has 7 heteroatoms. The van der Waals surface area contributed by atoms with Gasteiger partial charge in [-0.3, -0.25) is 9.78 Å². The average Bonchev–Trinajstić information content (AvgIpc) is 3.05. The van der Waals surface area contributed by atoms with E-state index >= 15 is 0 Å². The molecule has 164 valence electrons. The fourth-order valence-corrected chi connectivity index (χ4v) is 3.86. The maximum Gasteiger partial charge on any atom is 0.223 e. The van der Waals surface area contributed by atoms with Gasteiger partial charge in [0.2, 0.25) is 5.91 Å². The molecule has 1 aliphatic rings. The Morgan fingerprint density at radius 3 is 2.77 bits per heavy atom. The van der Waals surface area contributed by atoms with E-state index in [4.69, 9.17) is 9.47 Å². The normalized spacial score (nSPS) is 16.1. The number of aromatic nitrogens is 1. The molecule has 1 aromatic heterocycles. The van der Waals surface area contributed by atoms with Gasteiger partial charge in [0, 0.05) is 18.7 Å². The number of benzene rings is 1. The van der Waals surface area contributed by atoms with Crippen molar-refractivity contribution in [2.45, 2.75) is 44.7 Å². The van der Waals surface area contributed by atoms with E-state index in [1.54, 1.807) is 20.4 Å². The van der Waals surface area contributed by atoms with Crippen LogP contribution in [0.25, 0.3) is 0 Å². The summed E-state index contributed by atoms with van der Waals surface area (Å²) in [5.41, 5.74) is 1.91. The second kappa shape index (κ2) is 12.4. The van der Waals surface area contributed by atoms with Gasteiger partial charge in [0.15, 0.2) is 0 Å². The third-order valence-corrected chi connectivity index (χ3v) is 5.46. The van der Waals surface area contributed by atoms with Crippen LogP contribution >= 0.6 is 12.4 Å². The predicted molar refractivity (Wildman–Crippen MR) is 120 cm³/mol. The first-order chi connectivity index (χ1) is 14.2. The number of halogens is 1. The lowest BCUT2D eigenvalue weighted by atomic mass is 10.0. The number of amides is 1. The summed E-state index contributed by atoms with van der Waals surface area (Å²) in [6.07, 6.45) is 5.91. The van der Waals surface area contributed by atoms with Crippen LogP contribution in [0.4, 0.5) is 0 Å². The lowest BCUT2D eigenvalue weighted by Crippen LogP contribution is -2.40. The molecule has 1 aromatic carbocycles. The summed E-state index contributed by atoms with van der Waals surface area (Å²) in [6.45, 7) is 2.52. The molecule has 2 heterocycles. The molecule has 0 saturated carbocycles. The first-order valence-electron chi connectivity index (χ1n) is 10.3. The zero-order valence-corrected chi connectivity index (χ0v) is 18.6. The Morgan fingerprint density at radius 1 is 1.17 bits per heavy atom. The van der Waals surface area contributed by atoms with Crippen molar-refractivity contribution in [2.75, 3.05) is 27.3 Å². The first-order valence-corrected chi connectivity index (χ1v) is 10.3. The molecule has 1 atom stereocenters. The van der Waals surface area contributed by atoms with Gasteiger partial charge in [-0.25, -0.2) is 0 Å². The minimum atomic E-state index is 0. The van der Waals surface area contributed by atoms with Crippen molar-refractivity contribution >= 4 is 18.3 Å². The molecule has 3 rings (SSSR count). The number of rotatable bonds is 8. The van der Waals surface area contributed by atoms with Crippen molar-refractivity contribution in [3.63, 3.8) is 0 Å². The number of carbonyl (C=O) groups is 1. The van der Waals surface area contributed by atoms with Crippen LogP contribution in [0, 0.1) is 0 Å². The van der Waals surface area contributed by atoms with Gasteiger partial charge in [-0.1, -0.05) is 6.07 Å². The molecule has 2 aromatic rings. The van der Waals surface area contributed by atoms with Crippen molar-refractivity contribution in [3.05, 3.63) is 53.9 Å². The smallest absolute Gasteiger partial charge is 0.223 e. The van der Waals surface area contributed by atoms with E-state index in [9.17, 15) is 4.79 Å². The lowest BCUT2D eigenvalue weighted by molar-refractivity contribution is -0.134. The van der Waals surface area contributed by atoms with Gasteiger partial charge in [-0.05, 0) is 74.7 Å². The summed E-state index contributed by atoms with van der Waals surface area (Å²) in [6, 6.07) is 11.8. The second-order valence-corrected chi connectivity index (χ2v) is 7.36. The van der Waals surface area contributed by atoms with E-state index in [0.717, 1.165) is 55.1 Å². The molecule has 0 radical (unpaired) electrons. The molecule has 1 fully saturated rings. The molecule has 0 bridgehead atoms. The molecule has 0 spiro atoms. The molecule has 0 aliphatic carbocycles. The summed E-state index contributed by atoms with van der Waals surface area (Å²) in [4.78, 5) is 19.8. The molecule has 1 aliphatic heterocycles. The van der Waals surface area contributed by atoms with Crippen LogP contribution in [0.1, 0.15) is 36.9 Å². The number of nitrogens with zero attached hydrogens (tertiary/aromatic N) is 2. The van der Waals surface area contributed by atoms with Gasteiger partial charge in [0.05, 0.1) is 26.5 Å². The van der Waals surface area contributed by atoms with Crippen molar-refractivity contribution in [1.82, 2.24) is 15.2 Å². The third-order valence-electron chi connectivity index (χ3n) is 5.46. The third kappa shape index (κ3) is 6.61. The first kappa shape index (κ1) is 24.0. The Hall–Kier alpha value is -2.31. The van der Waals surface area contributed by atoms with E-state index < -0.39 is 0 Å². The predicted octanol–water partition coefficient (Wildman–Crippen LogP) is 3.62. The molecule has 1 N–H and O–H groups in total. The zero-order chi connectivity index (χ0) is 20.5. The van der Waals surface area contributed by atoms with E-state index in [-0.39, 0.29) is 24.4 Å². The number of pyridine rings is 1. The van der Waals surface area contributed by atoms with Crippen molar-refractivity contribution < 1.29 is 14.3 Å². The summed E-state index contributed by atoms with van der Waals surface area (Å²) < 4.78 is 10.8. The molecule has 30 heavy (non-hydrogen) atoms. The van der Waals surface area contributed by atoms with E-state index in [2.05, 4.69) is 10.3 Å². The van der Waals surface area contributed by atoms with Gasteiger partial charge in [0.25, 0.3) is 0 Å². The zero-order valence-electron chi connectivity index (χ0n) is 17.8. The lowest BCUT2D eigenvalue weighted by Gasteiger charge is -2.31. The monoisotopic (exact) mass is 433 g/mol. The number of carbonyl (C=O) groups excluding carboxylic acids is 1. The van der Waals surface area contributed by atoms with Gasteiger partial charge in [-0.15, -0.1) is 12.4 Å². The largest absolute Gasteiger partial charge is 0.497 e. The fourth-order valence-electron chi connectivity index (χ4n) is 3.86. The van der Waals surface area contributed by atoms with Crippen LogP contribution in [-0.4, -0.2) is 49.1 Å². The number of methoxy groups -OCH3 is 2. The van der Waals surface area contributed by atoms with Crippen molar-refractivity contribution in [2.24, 2.45) is 0 Å². The average molecular weight is 434 g/mol. The summed E-state index contributed by atoms with van der Waals surface area (Å²) in [5.74, 6) is 1.72. The molecule has 1 unspecified atom stereocenters. The van der Waals surface area contributed by atoms with E-state index in [0.29, 0.717) is 19.4 Å². The van der Waals surface area contributed by atoms with Gasteiger partial charge in [0.1, 0.15) is 11.5 Å². The topological polar surface area (TPSA) is 63.7 Å². The van der Waals surface area contributed by atoms with Crippen LogP contribution in [0.5, 0.6) is 11.5 Å².